The maximum Gasteiger partial charge on any atom is 0.220 e. The molecule has 4 heteroatoms. The van der Waals surface area contributed by atoms with Gasteiger partial charge in [0.05, 0.1) is 0 Å². The Bertz CT molecular complexity index is 323. The predicted molar refractivity (Wildman–Crippen MR) is 75.9 cm³/mol. The summed E-state index contributed by atoms with van der Waals surface area (Å²) >= 11 is 1.70. The van der Waals surface area contributed by atoms with E-state index in [1.807, 2.05) is 11.4 Å². The number of thiophene rings is 1. The van der Waals surface area contributed by atoms with Crippen molar-refractivity contribution in [2.75, 3.05) is 19.8 Å². The van der Waals surface area contributed by atoms with Gasteiger partial charge < -0.3 is 10.1 Å². The summed E-state index contributed by atoms with van der Waals surface area (Å²) in [6, 6.07) is 4.08. The maximum atomic E-state index is 11.5. The predicted octanol–water partition coefficient (Wildman–Crippen LogP) is 2.86. The number of nitrogens with one attached hydrogen (secondary N) is 1. The lowest BCUT2D eigenvalue weighted by Gasteiger charge is -2.07. The first-order valence-corrected chi connectivity index (χ1v) is 7.43. The van der Waals surface area contributed by atoms with Crippen LogP contribution in [0.15, 0.2) is 17.5 Å². The van der Waals surface area contributed by atoms with Crippen molar-refractivity contribution in [1.82, 2.24) is 5.32 Å². The number of rotatable bonds is 9. The number of amides is 1. The molecule has 1 rings (SSSR count). The first kappa shape index (κ1) is 15.2. The van der Waals surface area contributed by atoms with E-state index in [1.165, 1.54) is 4.88 Å². The Kier molecular flexibility index (Phi) is 7.69. The molecule has 0 aliphatic rings. The second-order valence-corrected chi connectivity index (χ2v) is 5.78. The molecule has 102 valence electrons. The van der Waals surface area contributed by atoms with Crippen molar-refractivity contribution < 1.29 is 9.53 Å². The summed E-state index contributed by atoms with van der Waals surface area (Å²) in [5.74, 6) is 0.706. The molecule has 1 aromatic rings. The van der Waals surface area contributed by atoms with Crippen molar-refractivity contribution in [3.8, 4) is 0 Å². The Balaban J connectivity index is 1.94. The standard InChI is InChI=1S/C14H23NO2S/c1-12(2)11-17-9-4-8-15-14(16)7-6-13-5-3-10-18-13/h3,5,10,12H,4,6-9,11H2,1-2H3,(H,15,16). The van der Waals surface area contributed by atoms with Gasteiger partial charge in [-0.3, -0.25) is 4.79 Å². The second kappa shape index (κ2) is 9.11. The van der Waals surface area contributed by atoms with Crippen LogP contribution in [0.25, 0.3) is 0 Å². The summed E-state index contributed by atoms with van der Waals surface area (Å²) < 4.78 is 5.45. The van der Waals surface area contributed by atoms with Crippen molar-refractivity contribution in [2.45, 2.75) is 33.1 Å². The van der Waals surface area contributed by atoms with Crippen LogP contribution in [0.1, 0.15) is 31.6 Å². The number of ether oxygens (including phenoxy) is 1. The quantitative estimate of drug-likeness (QED) is 0.700. The minimum absolute atomic E-state index is 0.132. The van der Waals surface area contributed by atoms with Crippen LogP contribution in [0.5, 0.6) is 0 Å². The van der Waals surface area contributed by atoms with E-state index in [4.69, 9.17) is 4.74 Å². The fourth-order valence-electron chi connectivity index (χ4n) is 1.50. The van der Waals surface area contributed by atoms with Gasteiger partial charge in [0.1, 0.15) is 0 Å². The summed E-state index contributed by atoms with van der Waals surface area (Å²) in [5.41, 5.74) is 0. The van der Waals surface area contributed by atoms with E-state index in [1.54, 1.807) is 11.3 Å². The molecule has 0 atom stereocenters. The summed E-state index contributed by atoms with van der Waals surface area (Å²) in [7, 11) is 0. The normalized spacial score (nSPS) is 10.8. The van der Waals surface area contributed by atoms with Crippen LogP contribution in [0.3, 0.4) is 0 Å². The first-order valence-electron chi connectivity index (χ1n) is 6.55. The molecule has 0 radical (unpaired) electrons. The zero-order valence-corrected chi connectivity index (χ0v) is 12.1. The van der Waals surface area contributed by atoms with Gasteiger partial charge in [-0.25, -0.2) is 0 Å². The van der Waals surface area contributed by atoms with Crippen LogP contribution in [0.4, 0.5) is 0 Å². The first-order chi connectivity index (χ1) is 8.68. The number of carbonyl (C=O) groups is 1. The highest BCUT2D eigenvalue weighted by Gasteiger charge is 2.02. The molecule has 1 N–H and O–H groups in total. The van der Waals surface area contributed by atoms with E-state index in [0.29, 0.717) is 18.9 Å². The highest BCUT2D eigenvalue weighted by Crippen LogP contribution is 2.10. The summed E-state index contributed by atoms with van der Waals surface area (Å²) in [5, 5.41) is 4.96. The van der Waals surface area contributed by atoms with E-state index < -0.39 is 0 Å². The molecule has 0 aliphatic heterocycles. The van der Waals surface area contributed by atoms with Gasteiger partial charge in [0.15, 0.2) is 0 Å². The van der Waals surface area contributed by atoms with Crippen LogP contribution >= 0.6 is 11.3 Å². The number of hydrogen-bond acceptors (Lipinski definition) is 3. The molecule has 0 aromatic carbocycles. The van der Waals surface area contributed by atoms with Crippen LogP contribution in [0.2, 0.25) is 0 Å². The van der Waals surface area contributed by atoms with E-state index in [-0.39, 0.29) is 5.91 Å². The van der Waals surface area contributed by atoms with Gasteiger partial charge >= 0.3 is 0 Å². The third kappa shape index (κ3) is 7.45. The number of carbonyl (C=O) groups excluding carboxylic acids is 1. The van der Waals surface area contributed by atoms with Crippen molar-refractivity contribution in [2.24, 2.45) is 5.92 Å². The lowest BCUT2D eigenvalue weighted by atomic mass is 10.2. The van der Waals surface area contributed by atoms with Crippen molar-refractivity contribution in [3.05, 3.63) is 22.4 Å². The van der Waals surface area contributed by atoms with Gasteiger partial charge in [0.2, 0.25) is 5.91 Å². The van der Waals surface area contributed by atoms with Crippen LogP contribution < -0.4 is 5.32 Å². The minimum atomic E-state index is 0.132. The average Bonchev–Trinajstić information content (AvgIpc) is 2.83. The lowest BCUT2D eigenvalue weighted by molar-refractivity contribution is -0.121. The highest BCUT2D eigenvalue weighted by atomic mass is 32.1. The molecule has 0 aliphatic carbocycles. The number of hydrogen-bond donors (Lipinski definition) is 1. The fourth-order valence-corrected chi connectivity index (χ4v) is 2.21. The topological polar surface area (TPSA) is 38.3 Å². The van der Waals surface area contributed by atoms with E-state index in [9.17, 15) is 4.79 Å². The van der Waals surface area contributed by atoms with Gasteiger partial charge in [0, 0.05) is 31.1 Å². The Morgan fingerprint density at radius 1 is 1.50 bits per heavy atom. The molecule has 0 unspecified atom stereocenters. The Morgan fingerprint density at radius 2 is 2.33 bits per heavy atom. The van der Waals surface area contributed by atoms with Gasteiger partial charge in [-0.1, -0.05) is 19.9 Å². The van der Waals surface area contributed by atoms with E-state index >= 15 is 0 Å². The molecule has 1 aromatic heterocycles. The molecule has 18 heavy (non-hydrogen) atoms. The fraction of sp³-hybridized carbons (Fsp3) is 0.643. The van der Waals surface area contributed by atoms with Crippen molar-refractivity contribution in [3.63, 3.8) is 0 Å². The van der Waals surface area contributed by atoms with Gasteiger partial charge in [0.25, 0.3) is 0 Å². The average molecular weight is 269 g/mol. The molecule has 0 bridgehead atoms. The van der Waals surface area contributed by atoms with Crippen LogP contribution in [-0.4, -0.2) is 25.7 Å². The molecule has 0 saturated carbocycles. The third-order valence-electron chi connectivity index (χ3n) is 2.42. The number of aryl methyl sites for hydroxylation is 1. The molecule has 3 nitrogen and oxygen atoms in total. The Morgan fingerprint density at radius 3 is 3.00 bits per heavy atom. The highest BCUT2D eigenvalue weighted by molar-refractivity contribution is 7.09. The monoisotopic (exact) mass is 269 g/mol. The van der Waals surface area contributed by atoms with E-state index in [0.717, 1.165) is 26.1 Å². The van der Waals surface area contributed by atoms with Crippen LogP contribution in [0, 0.1) is 5.92 Å². The minimum Gasteiger partial charge on any atom is -0.381 e. The molecule has 1 amide bonds. The summed E-state index contributed by atoms with van der Waals surface area (Å²) in [4.78, 5) is 12.8. The lowest BCUT2D eigenvalue weighted by Crippen LogP contribution is -2.25. The molecule has 0 fully saturated rings. The van der Waals surface area contributed by atoms with E-state index in [2.05, 4.69) is 25.2 Å². The summed E-state index contributed by atoms with van der Waals surface area (Å²) in [6.45, 7) is 6.50. The largest absolute Gasteiger partial charge is 0.381 e. The smallest absolute Gasteiger partial charge is 0.220 e. The molecular formula is C14H23NO2S. The zero-order valence-electron chi connectivity index (χ0n) is 11.3. The Hall–Kier alpha value is -0.870. The van der Waals surface area contributed by atoms with Crippen molar-refractivity contribution in [1.29, 1.82) is 0 Å². The van der Waals surface area contributed by atoms with Gasteiger partial charge in [-0.2, -0.15) is 0 Å². The van der Waals surface area contributed by atoms with Crippen molar-refractivity contribution >= 4 is 17.2 Å². The molecule has 0 saturated heterocycles. The molecule has 0 spiro atoms. The maximum absolute atomic E-state index is 11.5. The molecule has 1 heterocycles. The second-order valence-electron chi connectivity index (χ2n) is 4.75. The van der Waals surface area contributed by atoms with Crippen LogP contribution in [-0.2, 0) is 16.0 Å². The van der Waals surface area contributed by atoms with Gasteiger partial charge in [-0.15, -0.1) is 11.3 Å². The summed E-state index contributed by atoms with van der Waals surface area (Å²) in [6.07, 6.45) is 2.30. The SMILES string of the molecule is CC(C)COCCCNC(=O)CCc1cccs1. The molecular weight excluding hydrogens is 246 g/mol. The third-order valence-corrected chi connectivity index (χ3v) is 3.35. The Labute approximate surface area is 114 Å². The van der Waals surface area contributed by atoms with Gasteiger partial charge in [-0.05, 0) is 30.2 Å². The zero-order chi connectivity index (χ0) is 13.2.